The lowest BCUT2D eigenvalue weighted by atomic mass is 9.56. The molecule has 9 saturated heterocycles. The molecule has 0 aromatic carbocycles. The van der Waals surface area contributed by atoms with Gasteiger partial charge in [-0.3, -0.25) is 0 Å². The van der Waals surface area contributed by atoms with E-state index in [2.05, 4.69) is 27.7 Å². The van der Waals surface area contributed by atoms with Gasteiger partial charge < -0.3 is 23.7 Å². The molecule has 4 bridgehead atoms. The number of fused-ring (bicyclic) bond motifs is 4. The molecule has 2 spiro atoms. The Morgan fingerprint density at radius 1 is 0.558 bits per heavy atom. The predicted molar refractivity (Wildman–Crippen MR) is 152 cm³/mol. The zero-order chi connectivity index (χ0) is 29.6. The van der Waals surface area contributed by atoms with E-state index in [-0.39, 0.29) is 17.8 Å². The van der Waals surface area contributed by atoms with E-state index in [1.165, 1.54) is 12.8 Å². The predicted octanol–water partition coefficient (Wildman–Crippen LogP) is 6.04. The van der Waals surface area contributed by atoms with Crippen LogP contribution in [0.4, 0.5) is 0 Å². The minimum Gasteiger partial charge on any atom is -0.369 e. The van der Waals surface area contributed by atoms with Crippen LogP contribution in [0.1, 0.15) is 106 Å². The van der Waals surface area contributed by atoms with Gasteiger partial charge >= 0.3 is 0 Å². The Bertz CT molecular complexity index is 1050. The maximum atomic E-state index is 6.97. The fourth-order valence-corrected chi connectivity index (χ4v) is 11.6. The van der Waals surface area contributed by atoms with Crippen molar-refractivity contribution in [2.75, 3.05) is 6.61 Å². The fourth-order valence-electron chi connectivity index (χ4n) is 11.6. The topological polar surface area (TPSA) is 86.4 Å². The first-order valence-corrected chi connectivity index (χ1v) is 17.5. The second-order valence-corrected chi connectivity index (χ2v) is 16.8. The first kappa shape index (κ1) is 28.8. The minimum atomic E-state index is -0.756. The molecule has 9 heterocycles. The van der Waals surface area contributed by atoms with Crippen molar-refractivity contribution >= 4 is 0 Å². The normalized spacial score (nSPS) is 63.5. The molecule has 9 nitrogen and oxygen atoms in total. The Labute approximate surface area is 256 Å². The summed E-state index contributed by atoms with van der Waals surface area (Å²) in [5.74, 6) is 1.64. The molecule has 43 heavy (non-hydrogen) atoms. The molecule has 2 unspecified atom stereocenters. The van der Waals surface area contributed by atoms with Gasteiger partial charge in [0.1, 0.15) is 0 Å². The minimum absolute atomic E-state index is 0.0228. The van der Waals surface area contributed by atoms with Crippen LogP contribution in [0, 0.1) is 47.3 Å². The molecule has 0 aromatic rings. The molecule has 9 heteroatoms. The number of ether oxygens (including phenoxy) is 5. The largest absolute Gasteiger partial charge is 0.369 e. The Morgan fingerprint density at radius 2 is 1.00 bits per heavy atom. The highest BCUT2D eigenvalue weighted by molar-refractivity contribution is 5.13. The summed E-state index contributed by atoms with van der Waals surface area (Å²) in [5.41, 5.74) is -1.31. The van der Waals surface area contributed by atoms with Gasteiger partial charge in [0.25, 0.3) is 0 Å². The van der Waals surface area contributed by atoms with Crippen LogP contribution >= 0.6 is 0 Å². The summed E-state index contributed by atoms with van der Waals surface area (Å²) in [7, 11) is 0. The first-order chi connectivity index (χ1) is 20.5. The van der Waals surface area contributed by atoms with Gasteiger partial charge in [-0.25, -0.2) is 19.6 Å². The van der Waals surface area contributed by atoms with Crippen molar-refractivity contribution in [1.82, 2.24) is 0 Å². The van der Waals surface area contributed by atoms with Crippen LogP contribution in [0.3, 0.4) is 0 Å². The smallest absolute Gasteiger partial charge is 0.201 e. The van der Waals surface area contributed by atoms with Crippen molar-refractivity contribution in [3.63, 3.8) is 0 Å². The molecule has 242 valence electrons. The molecule has 0 amide bonds. The molecular weight excluding hydrogens is 552 g/mol. The highest BCUT2D eigenvalue weighted by Crippen LogP contribution is 2.63. The Hall–Kier alpha value is -0.360. The molecule has 11 rings (SSSR count). The van der Waals surface area contributed by atoms with Gasteiger partial charge in [-0.05, 0) is 87.9 Å². The van der Waals surface area contributed by atoms with E-state index in [1.54, 1.807) is 0 Å². The summed E-state index contributed by atoms with van der Waals surface area (Å²) in [6.45, 7) is 14.2. The number of hydrogen-bond donors (Lipinski definition) is 0. The highest BCUT2D eigenvalue weighted by atomic mass is 17.3. The average Bonchev–Trinajstić information content (AvgIpc) is 3.79. The van der Waals surface area contributed by atoms with Gasteiger partial charge in [-0.15, -0.1) is 0 Å². The number of hydrogen-bond acceptors (Lipinski definition) is 9. The van der Waals surface area contributed by atoms with E-state index in [0.717, 1.165) is 58.0 Å². The SMILES string of the molecule is C[C@@H]1CC[C@H]2[C@@H](C)C(CC3(CC4O[C@H]5O[C@@]6(C)CC[C@H]7[C@H](C)CC[C@@H]([C@H]4C)[C@@]57OO6)CO3)O[C@H]3O[C@@]4(C)CC[C@@H]1[C@]32OO4. The maximum Gasteiger partial charge on any atom is 0.201 e. The van der Waals surface area contributed by atoms with Gasteiger partial charge in [0, 0.05) is 37.5 Å². The molecule has 16 atom stereocenters. The molecule has 2 saturated carbocycles. The zero-order valence-electron chi connectivity index (χ0n) is 26.9. The standard InChI is InChI=1S/C34H52O9/c1-18-7-9-24-20(3)26(36-28-33(24)22(18)11-13-30(5,38-28)40-42-33)15-32(17-35-32)16-27-21(4)25-10-8-19(2)23-12-14-31(6)39-29(37-27)34(23,25)43-41-31/h18-29H,7-17H2,1-6H3/t18-,19-,20-,21-,22+,23+,24+,25+,26?,27?,28+,29+,30-,31-,32?,33-,34-/m1/s1. The van der Waals surface area contributed by atoms with Crippen LogP contribution in [0.5, 0.6) is 0 Å². The van der Waals surface area contributed by atoms with E-state index >= 15 is 0 Å². The van der Waals surface area contributed by atoms with Gasteiger partial charge in [0.15, 0.2) is 23.8 Å². The van der Waals surface area contributed by atoms with Gasteiger partial charge in [0.2, 0.25) is 11.6 Å². The number of rotatable bonds is 4. The van der Waals surface area contributed by atoms with Crippen molar-refractivity contribution in [1.29, 1.82) is 0 Å². The second kappa shape index (κ2) is 9.38. The third-order valence-electron chi connectivity index (χ3n) is 14.3. The lowest BCUT2D eigenvalue weighted by Gasteiger charge is -2.61. The summed E-state index contributed by atoms with van der Waals surface area (Å²) in [4.78, 5) is 24.8. The maximum absolute atomic E-state index is 6.97. The van der Waals surface area contributed by atoms with Crippen molar-refractivity contribution < 1.29 is 43.2 Å². The van der Waals surface area contributed by atoms with E-state index in [4.69, 9.17) is 43.2 Å². The number of epoxide rings is 1. The van der Waals surface area contributed by atoms with E-state index < -0.39 is 35.4 Å². The van der Waals surface area contributed by atoms with Gasteiger partial charge in [0.05, 0.1) is 24.4 Å². The Balaban J connectivity index is 0.965. The van der Waals surface area contributed by atoms with Crippen LogP contribution in [-0.4, -0.2) is 59.8 Å². The van der Waals surface area contributed by atoms with Crippen LogP contribution < -0.4 is 0 Å². The lowest BCUT2D eigenvalue weighted by molar-refractivity contribution is -0.571. The van der Waals surface area contributed by atoms with E-state index in [9.17, 15) is 0 Å². The van der Waals surface area contributed by atoms with Crippen molar-refractivity contribution in [2.45, 2.75) is 159 Å². The fraction of sp³-hybridized carbons (Fsp3) is 1.00. The Morgan fingerprint density at radius 3 is 1.42 bits per heavy atom. The second-order valence-electron chi connectivity index (χ2n) is 16.8. The molecule has 0 radical (unpaired) electrons. The summed E-state index contributed by atoms with van der Waals surface area (Å²) in [5, 5.41) is 0. The molecule has 9 aliphatic heterocycles. The summed E-state index contributed by atoms with van der Waals surface area (Å²) < 4.78 is 33.6. The summed E-state index contributed by atoms with van der Waals surface area (Å²) in [6.07, 6.45) is 9.30. The van der Waals surface area contributed by atoms with Crippen molar-refractivity contribution in [3.05, 3.63) is 0 Å². The molecule has 0 N–H and O–H groups in total. The highest BCUT2D eigenvalue weighted by Gasteiger charge is 2.72. The van der Waals surface area contributed by atoms with Gasteiger partial charge in [-0.2, -0.15) is 0 Å². The Kier molecular flexibility index (Phi) is 6.29. The zero-order valence-corrected chi connectivity index (χ0v) is 26.9. The van der Waals surface area contributed by atoms with Crippen molar-refractivity contribution in [2.24, 2.45) is 47.3 Å². The van der Waals surface area contributed by atoms with Crippen LogP contribution in [0.2, 0.25) is 0 Å². The van der Waals surface area contributed by atoms with Crippen molar-refractivity contribution in [3.8, 4) is 0 Å². The molecule has 11 fully saturated rings. The van der Waals surface area contributed by atoms with Crippen LogP contribution in [0.25, 0.3) is 0 Å². The molecule has 0 aromatic heterocycles. The van der Waals surface area contributed by atoms with E-state index in [0.29, 0.717) is 47.3 Å². The molecular formula is C34H52O9. The third-order valence-corrected chi connectivity index (χ3v) is 14.3. The monoisotopic (exact) mass is 604 g/mol. The summed E-state index contributed by atoms with van der Waals surface area (Å²) >= 11 is 0. The lowest BCUT2D eigenvalue weighted by Crippen LogP contribution is -2.71. The first-order valence-electron chi connectivity index (χ1n) is 17.5. The molecule has 11 aliphatic rings. The summed E-state index contributed by atoms with van der Waals surface area (Å²) in [6, 6.07) is 0. The van der Waals surface area contributed by atoms with Crippen LogP contribution in [0.15, 0.2) is 0 Å². The van der Waals surface area contributed by atoms with Crippen LogP contribution in [-0.2, 0) is 43.2 Å². The average molecular weight is 605 g/mol. The molecule has 2 aliphatic carbocycles. The quantitative estimate of drug-likeness (QED) is 0.282. The van der Waals surface area contributed by atoms with E-state index in [1.807, 2.05) is 13.8 Å². The van der Waals surface area contributed by atoms with Gasteiger partial charge in [-0.1, -0.05) is 27.7 Å². The third kappa shape index (κ3) is 3.95.